The first-order chi connectivity index (χ1) is 7.24. The average Bonchev–Trinajstić information content (AvgIpc) is 2.29. The zero-order valence-electron chi connectivity index (χ0n) is 8.90. The van der Waals surface area contributed by atoms with Gasteiger partial charge in [0.15, 0.2) is 0 Å². The van der Waals surface area contributed by atoms with E-state index < -0.39 is 0 Å². The second-order valence-corrected chi connectivity index (χ2v) is 3.65. The van der Waals surface area contributed by atoms with Crippen LogP contribution in [0.15, 0.2) is 36.4 Å². The van der Waals surface area contributed by atoms with Crippen LogP contribution in [0.2, 0.25) is 0 Å². The number of fused-ring (bicyclic) bond motifs is 1. The van der Waals surface area contributed by atoms with Crippen molar-refractivity contribution in [1.29, 1.82) is 0 Å². The van der Waals surface area contributed by atoms with Crippen molar-refractivity contribution in [3.8, 4) is 0 Å². The smallest absolute Gasteiger partial charge is 0.213 e. The van der Waals surface area contributed by atoms with E-state index in [0.717, 1.165) is 17.7 Å². The van der Waals surface area contributed by atoms with E-state index in [4.69, 9.17) is 0 Å². The summed E-state index contributed by atoms with van der Waals surface area (Å²) in [5.41, 5.74) is 2.10. The molecule has 0 unspecified atom stereocenters. The summed E-state index contributed by atoms with van der Waals surface area (Å²) in [6.07, 6.45) is 0.830. The van der Waals surface area contributed by atoms with Crippen molar-refractivity contribution in [2.45, 2.75) is 6.92 Å². The first kappa shape index (κ1) is 9.71. The fourth-order valence-electron chi connectivity index (χ4n) is 1.85. The molecule has 2 rings (SSSR count). The topological polar surface area (TPSA) is 20.3 Å². The Kier molecular flexibility index (Phi) is 2.42. The highest BCUT2D eigenvalue weighted by atomic mass is 16.1. The second kappa shape index (κ2) is 3.73. The van der Waals surface area contributed by atoms with Crippen LogP contribution in [0.1, 0.15) is 5.56 Å². The maximum Gasteiger partial charge on any atom is 0.213 e. The van der Waals surface area contributed by atoms with E-state index in [1.807, 2.05) is 31.2 Å². The number of carbonyl (C=O) groups excluding carboxylic acids is 1. The molecule has 0 aliphatic rings. The molecule has 0 spiro atoms. The van der Waals surface area contributed by atoms with Crippen molar-refractivity contribution in [3.05, 3.63) is 42.0 Å². The molecule has 0 heterocycles. The molecule has 0 N–H and O–H groups in total. The number of hydrogen-bond acceptors (Lipinski definition) is 1. The number of hydrogen-bond donors (Lipinski definition) is 0. The van der Waals surface area contributed by atoms with Crippen LogP contribution in [0.5, 0.6) is 0 Å². The van der Waals surface area contributed by atoms with Crippen LogP contribution in [0.3, 0.4) is 0 Å². The van der Waals surface area contributed by atoms with Gasteiger partial charge in [0.1, 0.15) is 0 Å². The van der Waals surface area contributed by atoms with Crippen LogP contribution in [-0.4, -0.2) is 13.5 Å². The van der Waals surface area contributed by atoms with Gasteiger partial charge in [-0.15, -0.1) is 0 Å². The lowest BCUT2D eigenvalue weighted by atomic mass is 10.0. The van der Waals surface area contributed by atoms with Crippen molar-refractivity contribution in [3.63, 3.8) is 0 Å². The molecule has 0 saturated carbocycles. The van der Waals surface area contributed by atoms with Crippen LogP contribution < -0.4 is 4.90 Å². The van der Waals surface area contributed by atoms with Gasteiger partial charge in [-0.2, -0.15) is 0 Å². The zero-order valence-corrected chi connectivity index (χ0v) is 8.90. The molecule has 0 atom stereocenters. The largest absolute Gasteiger partial charge is 0.318 e. The normalized spacial score (nSPS) is 10.3. The summed E-state index contributed by atoms with van der Waals surface area (Å²) in [7, 11) is 1.77. The fourth-order valence-corrected chi connectivity index (χ4v) is 1.85. The summed E-state index contributed by atoms with van der Waals surface area (Å²) < 4.78 is 0. The van der Waals surface area contributed by atoms with Crippen molar-refractivity contribution in [1.82, 2.24) is 0 Å². The molecule has 0 bridgehead atoms. The van der Waals surface area contributed by atoms with Gasteiger partial charge >= 0.3 is 0 Å². The Morgan fingerprint density at radius 2 is 1.87 bits per heavy atom. The summed E-state index contributed by atoms with van der Waals surface area (Å²) in [6, 6.07) is 12.2. The Balaban J connectivity index is 2.70. The van der Waals surface area contributed by atoms with Crippen molar-refractivity contribution in [2.24, 2.45) is 0 Å². The van der Waals surface area contributed by atoms with Crippen molar-refractivity contribution in [2.75, 3.05) is 11.9 Å². The summed E-state index contributed by atoms with van der Waals surface area (Å²) in [6.45, 7) is 2.04. The Morgan fingerprint density at radius 1 is 1.13 bits per heavy atom. The van der Waals surface area contributed by atoms with Gasteiger partial charge in [-0.25, -0.2) is 0 Å². The van der Waals surface area contributed by atoms with Crippen LogP contribution in [-0.2, 0) is 4.79 Å². The quantitative estimate of drug-likeness (QED) is 0.681. The molecule has 0 fully saturated rings. The molecule has 1 amide bonds. The number of anilines is 1. The van der Waals surface area contributed by atoms with Crippen LogP contribution in [0.25, 0.3) is 10.8 Å². The first-order valence-electron chi connectivity index (χ1n) is 4.90. The minimum absolute atomic E-state index is 0.830. The van der Waals surface area contributed by atoms with Gasteiger partial charge < -0.3 is 4.90 Å². The number of benzene rings is 2. The predicted molar refractivity (Wildman–Crippen MR) is 63.2 cm³/mol. The predicted octanol–water partition coefficient (Wildman–Crippen LogP) is 2.74. The lowest BCUT2D eigenvalue weighted by Gasteiger charge is -2.15. The van der Waals surface area contributed by atoms with E-state index in [0.29, 0.717) is 0 Å². The summed E-state index contributed by atoms with van der Waals surface area (Å²) >= 11 is 0. The van der Waals surface area contributed by atoms with E-state index in [-0.39, 0.29) is 0 Å². The number of rotatable bonds is 2. The lowest BCUT2D eigenvalue weighted by molar-refractivity contribution is -0.107. The highest BCUT2D eigenvalue weighted by Gasteiger charge is 2.05. The molecule has 2 heteroatoms. The van der Waals surface area contributed by atoms with Crippen molar-refractivity contribution >= 4 is 22.9 Å². The highest BCUT2D eigenvalue weighted by Crippen LogP contribution is 2.26. The van der Waals surface area contributed by atoms with Crippen LogP contribution in [0.4, 0.5) is 5.69 Å². The Hall–Kier alpha value is -1.83. The van der Waals surface area contributed by atoms with E-state index in [1.165, 1.54) is 10.8 Å². The molecule has 0 aliphatic carbocycles. The third-order valence-electron chi connectivity index (χ3n) is 2.71. The first-order valence-corrected chi connectivity index (χ1v) is 4.90. The molecule has 0 aromatic heterocycles. The zero-order chi connectivity index (χ0) is 10.8. The number of nitrogens with zero attached hydrogens (tertiary/aromatic N) is 1. The number of aryl methyl sites for hydroxylation is 1. The minimum Gasteiger partial charge on any atom is -0.318 e. The monoisotopic (exact) mass is 199 g/mol. The molecule has 2 aromatic carbocycles. The summed E-state index contributed by atoms with van der Waals surface area (Å²) in [5.74, 6) is 0. The third kappa shape index (κ3) is 1.59. The standard InChI is InChI=1S/C13H13NO/c1-10-12-6-4-3-5-11(12)7-8-13(10)14(2)9-15/h3-9H,1-2H3. The Morgan fingerprint density at radius 3 is 2.60 bits per heavy atom. The van der Waals surface area contributed by atoms with Crippen molar-refractivity contribution < 1.29 is 4.79 Å². The maximum absolute atomic E-state index is 10.7. The average molecular weight is 199 g/mol. The molecule has 15 heavy (non-hydrogen) atoms. The molecule has 2 aromatic rings. The molecular formula is C13H13NO. The lowest BCUT2D eigenvalue weighted by Crippen LogP contribution is -2.14. The maximum atomic E-state index is 10.7. The molecule has 2 nitrogen and oxygen atoms in total. The molecule has 0 radical (unpaired) electrons. The van der Waals surface area contributed by atoms with Gasteiger partial charge in [-0.3, -0.25) is 4.79 Å². The number of carbonyl (C=O) groups is 1. The number of amides is 1. The second-order valence-electron chi connectivity index (χ2n) is 3.65. The SMILES string of the molecule is Cc1c(N(C)C=O)ccc2ccccc12. The minimum atomic E-state index is 0.830. The third-order valence-corrected chi connectivity index (χ3v) is 2.71. The van der Waals surface area contributed by atoms with Crippen LogP contribution >= 0.6 is 0 Å². The highest BCUT2D eigenvalue weighted by molar-refractivity contribution is 5.92. The van der Waals surface area contributed by atoms with Gasteiger partial charge in [-0.1, -0.05) is 30.3 Å². The van der Waals surface area contributed by atoms with Gasteiger partial charge in [0, 0.05) is 12.7 Å². The van der Waals surface area contributed by atoms with E-state index in [1.54, 1.807) is 11.9 Å². The van der Waals surface area contributed by atoms with Gasteiger partial charge in [0.2, 0.25) is 6.41 Å². The van der Waals surface area contributed by atoms with Gasteiger partial charge in [0.05, 0.1) is 0 Å². The molecule has 0 aliphatic heterocycles. The Bertz CT molecular complexity index is 505. The van der Waals surface area contributed by atoms with E-state index in [9.17, 15) is 4.79 Å². The van der Waals surface area contributed by atoms with Gasteiger partial charge in [-0.05, 0) is 29.3 Å². The molecule has 0 saturated heterocycles. The van der Waals surface area contributed by atoms with E-state index in [2.05, 4.69) is 12.1 Å². The van der Waals surface area contributed by atoms with E-state index >= 15 is 0 Å². The fraction of sp³-hybridized carbons (Fsp3) is 0.154. The summed E-state index contributed by atoms with van der Waals surface area (Å²) in [4.78, 5) is 12.3. The summed E-state index contributed by atoms with van der Waals surface area (Å²) in [5, 5.41) is 2.40. The molecule has 76 valence electrons. The van der Waals surface area contributed by atoms with Gasteiger partial charge in [0.25, 0.3) is 0 Å². The molecular weight excluding hydrogens is 186 g/mol. The Labute approximate surface area is 89.1 Å². The van der Waals surface area contributed by atoms with Crippen LogP contribution in [0, 0.1) is 6.92 Å².